The van der Waals surface area contributed by atoms with Gasteiger partial charge in [-0.3, -0.25) is 0 Å². The van der Waals surface area contributed by atoms with E-state index in [0.717, 1.165) is 23.7 Å². The summed E-state index contributed by atoms with van der Waals surface area (Å²) in [5, 5.41) is 0. The van der Waals surface area contributed by atoms with Crippen LogP contribution in [0.1, 0.15) is 66.2 Å². The highest BCUT2D eigenvalue weighted by Crippen LogP contribution is 2.38. The van der Waals surface area contributed by atoms with E-state index in [0.29, 0.717) is 0 Å². The fraction of sp³-hybridized carbons (Fsp3) is 1.00. The Balaban J connectivity index is 2.55. The molecule has 0 aromatic heterocycles. The zero-order chi connectivity index (χ0) is 10.6. The molecule has 14 heavy (non-hydrogen) atoms. The molecule has 3 atom stereocenters. The monoisotopic (exact) mass is 196 g/mol. The Kier molecular flexibility index (Phi) is 4.98. The molecule has 0 N–H and O–H groups in total. The predicted molar refractivity (Wildman–Crippen MR) is 64.4 cm³/mol. The Hall–Kier alpha value is 0. The van der Waals surface area contributed by atoms with Gasteiger partial charge in [-0.15, -0.1) is 0 Å². The van der Waals surface area contributed by atoms with Crippen LogP contribution in [0.2, 0.25) is 0 Å². The summed E-state index contributed by atoms with van der Waals surface area (Å²) >= 11 is 0. The number of rotatable bonds is 3. The summed E-state index contributed by atoms with van der Waals surface area (Å²) in [6, 6.07) is 0. The molecule has 0 amide bonds. The fourth-order valence-electron chi connectivity index (χ4n) is 3.26. The zero-order valence-corrected chi connectivity index (χ0v) is 10.6. The van der Waals surface area contributed by atoms with Gasteiger partial charge in [0, 0.05) is 0 Å². The van der Waals surface area contributed by atoms with Crippen molar-refractivity contribution in [3.63, 3.8) is 0 Å². The molecule has 1 fully saturated rings. The van der Waals surface area contributed by atoms with E-state index in [1.807, 2.05) is 0 Å². The zero-order valence-electron chi connectivity index (χ0n) is 10.6. The van der Waals surface area contributed by atoms with Gasteiger partial charge in [-0.25, -0.2) is 0 Å². The van der Waals surface area contributed by atoms with Crippen molar-refractivity contribution in [2.75, 3.05) is 0 Å². The van der Waals surface area contributed by atoms with Crippen LogP contribution in [0.25, 0.3) is 0 Å². The molecule has 0 aliphatic heterocycles. The van der Waals surface area contributed by atoms with E-state index in [4.69, 9.17) is 0 Å². The lowest BCUT2D eigenvalue weighted by Gasteiger charge is -2.27. The fourth-order valence-corrected chi connectivity index (χ4v) is 3.26. The van der Waals surface area contributed by atoms with Crippen LogP contribution in [-0.4, -0.2) is 0 Å². The molecule has 1 rings (SSSR count). The maximum Gasteiger partial charge on any atom is -0.0363 e. The first-order valence-corrected chi connectivity index (χ1v) is 6.69. The van der Waals surface area contributed by atoms with E-state index in [1.165, 1.54) is 38.5 Å². The Bertz CT molecular complexity index is 148. The Morgan fingerprint density at radius 2 is 1.57 bits per heavy atom. The van der Waals surface area contributed by atoms with Crippen molar-refractivity contribution < 1.29 is 0 Å². The van der Waals surface area contributed by atoms with Crippen molar-refractivity contribution in [3.05, 3.63) is 0 Å². The third-order valence-corrected chi connectivity index (χ3v) is 4.42. The minimum atomic E-state index is 0.899. The van der Waals surface area contributed by atoms with Crippen molar-refractivity contribution >= 4 is 0 Å². The second-order valence-electron chi connectivity index (χ2n) is 5.51. The number of hydrogen-bond acceptors (Lipinski definition) is 0. The van der Waals surface area contributed by atoms with Crippen molar-refractivity contribution in [3.8, 4) is 0 Å². The van der Waals surface area contributed by atoms with E-state index >= 15 is 0 Å². The third-order valence-electron chi connectivity index (χ3n) is 4.42. The van der Waals surface area contributed by atoms with Crippen molar-refractivity contribution in [1.29, 1.82) is 0 Å². The predicted octanol–water partition coefficient (Wildman–Crippen LogP) is 4.89. The molecule has 1 aliphatic carbocycles. The van der Waals surface area contributed by atoms with Crippen LogP contribution in [0.15, 0.2) is 0 Å². The van der Waals surface area contributed by atoms with Gasteiger partial charge in [0.2, 0.25) is 0 Å². The molecule has 1 aliphatic rings. The molecule has 0 heteroatoms. The third kappa shape index (κ3) is 3.00. The summed E-state index contributed by atoms with van der Waals surface area (Å²) in [5.74, 6) is 3.96. The minimum Gasteiger partial charge on any atom is -0.0651 e. The Morgan fingerprint density at radius 3 is 2.07 bits per heavy atom. The van der Waals surface area contributed by atoms with Gasteiger partial charge in [0.15, 0.2) is 0 Å². The van der Waals surface area contributed by atoms with Gasteiger partial charge in [-0.2, -0.15) is 0 Å². The van der Waals surface area contributed by atoms with Gasteiger partial charge in [0.25, 0.3) is 0 Å². The summed E-state index contributed by atoms with van der Waals surface area (Å²) in [5.41, 5.74) is 0. The van der Waals surface area contributed by atoms with Gasteiger partial charge in [-0.1, -0.05) is 53.4 Å². The van der Waals surface area contributed by atoms with Crippen LogP contribution >= 0.6 is 0 Å². The van der Waals surface area contributed by atoms with Crippen LogP contribution in [0.3, 0.4) is 0 Å². The van der Waals surface area contributed by atoms with E-state index in [9.17, 15) is 0 Å². The topological polar surface area (TPSA) is 0 Å². The standard InChI is InChI=1S/C14H28/c1-5-12-7-9-13(6-2)14(10-8-12)11(3)4/h11-14H,5-10H2,1-4H3. The van der Waals surface area contributed by atoms with Crippen LogP contribution < -0.4 is 0 Å². The molecule has 0 heterocycles. The van der Waals surface area contributed by atoms with Crippen molar-refractivity contribution in [2.45, 2.75) is 66.2 Å². The SMILES string of the molecule is CCC1CCC(CC)C(C(C)C)CC1. The highest BCUT2D eigenvalue weighted by Gasteiger charge is 2.27. The first-order valence-electron chi connectivity index (χ1n) is 6.69. The maximum absolute atomic E-state index is 2.42. The molecular weight excluding hydrogens is 168 g/mol. The number of hydrogen-bond donors (Lipinski definition) is 0. The molecule has 0 spiro atoms. The molecular formula is C14H28. The van der Waals surface area contributed by atoms with Gasteiger partial charge in [0.05, 0.1) is 0 Å². The molecule has 0 aromatic rings. The molecule has 0 saturated heterocycles. The minimum absolute atomic E-state index is 0.899. The quantitative estimate of drug-likeness (QED) is 0.564. The normalized spacial score (nSPS) is 34.5. The summed E-state index contributed by atoms with van der Waals surface area (Å²) in [7, 11) is 0. The second-order valence-corrected chi connectivity index (χ2v) is 5.51. The van der Waals surface area contributed by atoms with E-state index in [1.54, 1.807) is 0 Å². The van der Waals surface area contributed by atoms with Gasteiger partial charge >= 0.3 is 0 Å². The van der Waals surface area contributed by atoms with E-state index in [2.05, 4.69) is 27.7 Å². The van der Waals surface area contributed by atoms with Crippen LogP contribution in [-0.2, 0) is 0 Å². The van der Waals surface area contributed by atoms with Crippen molar-refractivity contribution in [2.24, 2.45) is 23.7 Å². The second kappa shape index (κ2) is 5.78. The summed E-state index contributed by atoms with van der Waals surface area (Å²) in [6.45, 7) is 9.58. The molecule has 3 unspecified atom stereocenters. The van der Waals surface area contributed by atoms with Crippen LogP contribution in [0.4, 0.5) is 0 Å². The maximum atomic E-state index is 2.42. The Labute approximate surface area is 90.5 Å². The first-order chi connectivity index (χ1) is 6.69. The smallest absolute Gasteiger partial charge is 0.0363 e. The molecule has 0 radical (unpaired) electrons. The molecule has 0 nitrogen and oxygen atoms in total. The van der Waals surface area contributed by atoms with E-state index < -0.39 is 0 Å². The lowest BCUT2D eigenvalue weighted by atomic mass is 9.79. The summed E-state index contributed by atoms with van der Waals surface area (Å²) in [4.78, 5) is 0. The highest BCUT2D eigenvalue weighted by molar-refractivity contribution is 4.78. The molecule has 0 aromatic carbocycles. The molecule has 84 valence electrons. The van der Waals surface area contributed by atoms with Crippen molar-refractivity contribution in [1.82, 2.24) is 0 Å². The Morgan fingerprint density at radius 1 is 0.929 bits per heavy atom. The average molecular weight is 196 g/mol. The van der Waals surface area contributed by atoms with Crippen LogP contribution in [0, 0.1) is 23.7 Å². The molecule has 0 bridgehead atoms. The van der Waals surface area contributed by atoms with Gasteiger partial charge in [-0.05, 0) is 36.5 Å². The average Bonchev–Trinajstić information content (AvgIpc) is 2.38. The summed E-state index contributed by atoms with van der Waals surface area (Å²) < 4.78 is 0. The van der Waals surface area contributed by atoms with Gasteiger partial charge < -0.3 is 0 Å². The van der Waals surface area contributed by atoms with Crippen LogP contribution in [0.5, 0.6) is 0 Å². The summed E-state index contributed by atoms with van der Waals surface area (Å²) in [6.07, 6.45) is 8.79. The molecule has 1 saturated carbocycles. The van der Waals surface area contributed by atoms with E-state index in [-0.39, 0.29) is 0 Å². The first kappa shape index (κ1) is 12.1. The van der Waals surface area contributed by atoms with Gasteiger partial charge in [0.1, 0.15) is 0 Å². The lowest BCUT2D eigenvalue weighted by molar-refractivity contribution is 0.232. The largest absolute Gasteiger partial charge is 0.0651 e. The lowest BCUT2D eigenvalue weighted by Crippen LogP contribution is -2.18. The highest BCUT2D eigenvalue weighted by atomic mass is 14.3.